The summed E-state index contributed by atoms with van der Waals surface area (Å²) in [6, 6.07) is 15.5. The number of rotatable bonds is 14. The van der Waals surface area contributed by atoms with Gasteiger partial charge in [0.2, 0.25) is 5.91 Å². The van der Waals surface area contributed by atoms with Crippen molar-refractivity contribution in [1.29, 1.82) is 0 Å². The number of amides is 2. The molecule has 0 saturated carbocycles. The molecule has 3 unspecified atom stereocenters. The van der Waals surface area contributed by atoms with E-state index in [4.69, 9.17) is 9.47 Å². The summed E-state index contributed by atoms with van der Waals surface area (Å²) in [4.78, 5) is 48.8. The quantitative estimate of drug-likeness (QED) is 0.244. The maximum Gasteiger partial charge on any atom is 0.313 e. The zero-order valence-electron chi connectivity index (χ0n) is 27.4. The number of anilines is 2. The molecule has 7 atom stereocenters. The van der Waals surface area contributed by atoms with E-state index in [1.54, 1.807) is 11.0 Å². The van der Waals surface area contributed by atoms with Crippen LogP contribution in [0, 0.1) is 17.8 Å². The van der Waals surface area contributed by atoms with E-state index >= 15 is 4.79 Å². The smallest absolute Gasteiger partial charge is 0.313 e. The fraction of sp³-hybridized carbons (Fsp3) is 0.486. The molecule has 0 aromatic heterocycles. The second-order valence-electron chi connectivity index (χ2n) is 12.8. The SMILES string of the molecule is C=CCOC(=O)[C@H]1[C@H]2C(=O)N([C@@H](CO)Cc3ccccc3)C(C(=O)N(CC=C)c3ccc(N(CC)CC)cc3)C23CC(C)[C@]1(C)O3. The second-order valence-corrected chi connectivity index (χ2v) is 12.8. The highest BCUT2D eigenvalue weighted by atomic mass is 16.6. The van der Waals surface area contributed by atoms with Gasteiger partial charge < -0.3 is 29.3 Å². The lowest BCUT2D eigenvalue weighted by Gasteiger charge is -2.39. The molecule has 3 aliphatic heterocycles. The Bertz CT molecular complexity index is 1440. The van der Waals surface area contributed by atoms with E-state index in [-0.39, 0.29) is 37.5 Å². The molecule has 5 rings (SSSR count). The van der Waals surface area contributed by atoms with Crippen molar-refractivity contribution >= 4 is 29.2 Å². The number of ether oxygens (including phenoxy) is 2. The summed E-state index contributed by atoms with van der Waals surface area (Å²) in [5.41, 5.74) is 0.319. The van der Waals surface area contributed by atoms with Crippen LogP contribution in [0.4, 0.5) is 11.4 Å². The molecular formula is C37H47N3O6. The predicted molar refractivity (Wildman–Crippen MR) is 178 cm³/mol. The number of hydrogen-bond donors (Lipinski definition) is 1. The standard InChI is InChI=1S/C37H47N3O6/c1-7-20-39(28-18-16-27(17-19-28)38(9-3)10-4)34(43)32-37-23-25(5)36(6,46-37)31(35(44)45-21-8-2)30(37)33(42)40(32)29(24-41)22-26-14-12-11-13-15-26/h7-8,11-19,25,29-32,41H,1-2,9-10,20-24H2,3-6H3/t25?,29-,30+,31-,32?,36+,37?/m1/s1. The van der Waals surface area contributed by atoms with Gasteiger partial charge in [-0.3, -0.25) is 14.4 Å². The van der Waals surface area contributed by atoms with Crippen LogP contribution < -0.4 is 9.80 Å². The summed E-state index contributed by atoms with van der Waals surface area (Å²) in [6.07, 6.45) is 3.88. The number of aliphatic hydroxyl groups excluding tert-OH is 1. The van der Waals surface area contributed by atoms with Crippen molar-refractivity contribution in [3.63, 3.8) is 0 Å². The van der Waals surface area contributed by atoms with Crippen LogP contribution in [0.25, 0.3) is 0 Å². The minimum absolute atomic E-state index is 0.00362. The van der Waals surface area contributed by atoms with Crippen molar-refractivity contribution in [2.75, 3.05) is 42.6 Å². The van der Waals surface area contributed by atoms with E-state index in [1.807, 2.05) is 68.4 Å². The number of fused-ring (bicyclic) bond motifs is 1. The average molecular weight is 630 g/mol. The van der Waals surface area contributed by atoms with Gasteiger partial charge in [-0.1, -0.05) is 56.0 Å². The lowest BCUT2D eigenvalue weighted by Crippen LogP contribution is -2.59. The highest BCUT2D eigenvalue weighted by Gasteiger charge is 2.80. The molecule has 0 aliphatic carbocycles. The minimum atomic E-state index is -1.29. The summed E-state index contributed by atoms with van der Waals surface area (Å²) < 4.78 is 12.4. The first-order valence-corrected chi connectivity index (χ1v) is 16.3. The lowest BCUT2D eigenvalue weighted by atomic mass is 9.62. The molecule has 3 aliphatic rings. The fourth-order valence-corrected chi connectivity index (χ4v) is 8.11. The van der Waals surface area contributed by atoms with Crippen LogP contribution in [0.5, 0.6) is 0 Å². The van der Waals surface area contributed by atoms with Crippen molar-refractivity contribution in [3.05, 3.63) is 85.5 Å². The first-order chi connectivity index (χ1) is 22.1. The average Bonchev–Trinajstić information content (AvgIpc) is 3.58. The molecule has 2 aromatic rings. The summed E-state index contributed by atoms with van der Waals surface area (Å²) in [6.45, 7) is 17.2. The van der Waals surface area contributed by atoms with Crippen LogP contribution in [0.3, 0.4) is 0 Å². The van der Waals surface area contributed by atoms with E-state index < -0.39 is 41.1 Å². The van der Waals surface area contributed by atoms with Gasteiger partial charge in [0.15, 0.2) is 0 Å². The van der Waals surface area contributed by atoms with Crippen molar-refractivity contribution < 1.29 is 29.0 Å². The van der Waals surface area contributed by atoms with Gasteiger partial charge in [0.05, 0.1) is 24.2 Å². The van der Waals surface area contributed by atoms with E-state index in [0.29, 0.717) is 18.5 Å². The molecule has 1 spiro atoms. The van der Waals surface area contributed by atoms with Crippen LogP contribution in [0.2, 0.25) is 0 Å². The number of carbonyl (C=O) groups excluding carboxylic acids is 3. The first-order valence-electron chi connectivity index (χ1n) is 16.3. The summed E-state index contributed by atoms with van der Waals surface area (Å²) in [5.74, 6) is -3.26. The van der Waals surface area contributed by atoms with Crippen LogP contribution >= 0.6 is 0 Å². The maximum atomic E-state index is 15.1. The zero-order chi connectivity index (χ0) is 33.2. The molecule has 246 valence electrons. The minimum Gasteiger partial charge on any atom is -0.461 e. The number of aliphatic hydroxyl groups is 1. The Hall–Kier alpha value is -3.95. The van der Waals surface area contributed by atoms with Crippen LogP contribution in [-0.4, -0.2) is 83.9 Å². The number of hydrogen-bond acceptors (Lipinski definition) is 7. The third-order valence-corrected chi connectivity index (χ3v) is 10.4. The van der Waals surface area contributed by atoms with E-state index in [9.17, 15) is 14.7 Å². The van der Waals surface area contributed by atoms with Crippen LogP contribution in [0.15, 0.2) is 79.9 Å². The Kier molecular flexibility index (Phi) is 9.75. The van der Waals surface area contributed by atoms with Gasteiger partial charge in [-0.25, -0.2) is 0 Å². The number of esters is 1. The molecular weight excluding hydrogens is 582 g/mol. The van der Waals surface area contributed by atoms with E-state index in [1.165, 1.54) is 11.0 Å². The highest BCUT2D eigenvalue weighted by molar-refractivity contribution is 6.05. The fourth-order valence-electron chi connectivity index (χ4n) is 8.11. The lowest BCUT2D eigenvalue weighted by molar-refractivity contribution is -0.161. The maximum absolute atomic E-state index is 15.1. The Morgan fingerprint density at radius 2 is 1.74 bits per heavy atom. The van der Waals surface area contributed by atoms with Crippen molar-refractivity contribution in [1.82, 2.24) is 4.90 Å². The van der Waals surface area contributed by atoms with Crippen molar-refractivity contribution in [2.45, 2.75) is 63.8 Å². The van der Waals surface area contributed by atoms with Gasteiger partial charge in [-0.2, -0.15) is 0 Å². The Morgan fingerprint density at radius 1 is 1.09 bits per heavy atom. The van der Waals surface area contributed by atoms with E-state index in [2.05, 4.69) is 31.9 Å². The van der Waals surface area contributed by atoms with Gasteiger partial charge in [-0.15, -0.1) is 6.58 Å². The molecule has 1 N–H and O–H groups in total. The molecule has 46 heavy (non-hydrogen) atoms. The monoisotopic (exact) mass is 629 g/mol. The van der Waals surface area contributed by atoms with Crippen molar-refractivity contribution in [2.24, 2.45) is 17.8 Å². The van der Waals surface area contributed by atoms with Crippen LogP contribution in [-0.2, 0) is 30.3 Å². The van der Waals surface area contributed by atoms with Crippen LogP contribution in [0.1, 0.15) is 39.7 Å². The number of nitrogens with zero attached hydrogens (tertiary/aromatic N) is 3. The zero-order valence-corrected chi connectivity index (χ0v) is 27.4. The second kappa shape index (κ2) is 13.4. The topological polar surface area (TPSA) is 99.6 Å². The third-order valence-electron chi connectivity index (χ3n) is 10.4. The Morgan fingerprint density at radius 3 is 2.33 bits per heavy atom. The Labute approximate surface area is 272 Å². The molecule has 3 fully saturated rings. The van der Waals surface area contributed by atoms with Gasteiger partial charge in [-0.05, 0) is 69.4 Å². The molecule has 0 radical (unpaired) electrons. The summed E-state index contributed by atoms with van der Waals surface area (Å²) in [5, 5.41) is 10.8. The molecule has 9 heteroatoms. The summed E-state index contributed by atoms with van der Waals surface area (Å²) >= 11 is 0. The highest BCUT2D eigenvalue weighted by Crippen LogP contribution is 2.65. The first kappa shape index (κ1) is 33.4. The Balaban J connectivity index is 1.62. The third kappa shape index (κ3) is 5.43. The predicted octanol–water partition coefficient (Wildman–Crippen LogP) is 4.40. The largest absolute Gasteiger partial charge is 0.461 e. The molecule has 2 bridgehead atoms. The van der Waals surface area contributed by atoms with Gasteiger partial charge in [0.25, 0.3) is 5.91 Å². The number of likely N-dealkylation sites (tertiary alicyclic amines) is 1. The molecule has 2 aromatic carbocycles. The molecule has 3 heterocycles. The van der Waals surface area contributed by atoms with E-state index in [0.717, 1.165) is 24.3 Å². The van der Waals surface area contributed by atoms with Gasteiger partial charge in [0.1, 0.15) is 24.2 Å². The molecule has 3 saturated heterocycles. The molecule has 2 amide bonds. The molecule has 9 nitrogen and oxygen atoms in total. The number of benzene rings is 2. The van der Waals surface area contributed by atoms with Crippen molar-refractivity contribution in [3.8, 4) is 0 Å². The van der Waals surface area contributed by atoms with Gasteiger partial charge >= 0.3 is 5.97 Å². The summed E-state index contributed by atoms with van der Waals surface area (Å²) in [7, 11) is 0. The number of carbonyl (C=O) groups is 3. The normalized spacial score (nSPS) is 28.5. The van der Waals surface area contributed by atoms with Gasteiger partial charge in [0, 0.05) is 31.0 Å².